The van der Waals surface area contributed by atoms with Crippen molar-refractivity contribution < 1.29 is 5.11 Å². The average molecular weight is 319 g/mol. The summed E-state index contributed by atoms with van der Waals surface area (Å²) in [4.78, 5) is 8.49. The second kappa shape index (κ2) is 6.94. The van der Waals surface area contributed by atoms with Crippen molar-refractivity contribution in [3.63, 3.8) is 0 Å². The summed E-state index contributed by atoms with van der Waals surface area (Å²) in [5, 5.41) is 16.9. The van der Waals surface area contributed by atoms with Crippen LogP contribution in [0.25, 0.3) is 0 Å². The maximum atomic E-state index is 9.55. The number of aliphatic hydroxyl groups is 1. The Labute approximate surface area is 134 Å². The summed E-state index contributed by atoms with van der Waals surface area (Å²) in [7, 11) is 0. The van der Waals surface area contributed by atoms with E-state index in [1.165, 1.54) is 6.33 Å². The summed E-state index contributed by atoms with van der Waals surface area (Å²) >= 11 is 5.98. The number of aromatic nitrogens is 2. The molecule has 6 heteroatoms. The number of hydrogen-bond donors (Lipinski definition) is 3. The standard InChI is InChI=1S/C16H19ClN4O/c17-11-2-1-3-13(8-11)21-16-9-15(18-10-19-16)20-12-4-6-14(22)7-5-12/h1-3,8-10,12,14,22H,4-7H2,(H2,18,19,20,21). The highest BCUT2D eigenvalue weighted by Gasteiger charge is 2.19. The summed E-state index contributed by atoms with van der Waals surface area (Å²) in [5.41, 5.74) is 0.887. The van der Waals surface area contributed by atoms with Crippen molar-refractivity contribution >= 4 is 28.9 Å². The lowest BCUT2D eigenvalue weighted by molar-refractivity contribution is 0.126. The molecule has 1 aromatic heterocycles. The number of halogens is 1. The highest BCUT2D eigenvalue weighted by atomic mass is 35.5. The summed E-state index contributed by atoms with van der Waals surface area (Å²) in [5.74, 6) is 1.51. The molecule has 1 aliphatic carbocycles. The van der Waals surface area contributed by atoms with Gasteiger partial charge < -0.3 is 15.7 Å². The Hall–Kier alpha value is -1.85. The van der Waals surface area contributed by atoms with Gasteiger partial charge in [0.1, 0.15) is 18.0 Å². The number of nitrogens with zero attached hydrogens (tertiary/aromatic N) is 2. The lowest BCUT2D eigenvalue weighted by Crippen LogP contribution is -2.28. The molecule has 1 aliphatic rings. The molecule has 0 bridgehead atoms. The van der Waals surface area contributed by atoms with Crippen LogP contribution in [-0.4, -0.2) is 27.2 Å². The Balaban J connectivity index is 1.65. The van der Waals surface area contributed by atoms with Crippen LogP contribution in [0.5, 0.6) is 0 Å². The van der Waals surface area contributed by atoms with E-state index >= 15 is 0 Å². The van der Waals surface area contributed by atoms with Crippen LogP contribution in [0.4, 0.5) is 17.3 Å². The van der Waals surface area contributed by atoms with Crippen molar-refractivity contribution in [2.45, 2.75) is 37.8 Å². The van der Waals surface area contributed by atoms with Crippen LogP contribution in [-0.2, 0) is 0 Å². The van der Waals surface area contributed by atoms with Gasteiger partial charge in [0.05, 0.1) is 6.10 Å². The highest BCUT2D eigenvalue weighted by molar-refractivity contribution is 6.30. The van der Waals surface area contributed by atoms with Crippen molar-refractivity contribution in [1.82, 2.24) is 9.97 Å². The van der Waals surface area contributed by atoms with E-state index in [1.807, 2.05) is 30.3 Å². The van der Waals surface area contributed by atoms with Crippen molar-refractivity contribution in [1.29, 1.82) is 0 Å². The summed E-state index contributed by atoms with van der Waals surface area (Å²) < 4.78 is 0. The minimum absolute atomic E-state index is 0.150. The number of benzene rings is 1. The average Bonchev–Trinajstić information content (AvgIpc) is 2.50. The Morgan fingerprint density at radius 3 is 2.59 bits per heavy atom. The first-order chi connectivity index (χ1) is 10.7. The van der Waals surface area contributed by atoms with Gasteiger partial charge in [0.15, 0.2) is 0 Å². The molecule has 0 spiro atoms. The van der Waals surface area contributed by atoms with Gasteiger partial charge in [-0.3, -0.25) is 0 Å². The van der Waals surface area contributed by atoms with Gasteiger partial charge in [-0.15, -0.1) is 0 Å². The number of rotatable bonds is 4. The Morgan fingerprint density at radius 1 is 1.05 bits per heavy atom. The molecule has 3 N–H and O–H groups in total. The summed E-state index contributed by atoms with van der Waals surface area (Å²) in [6, 6.07) is 9.74. The maximum Gasteiger partial charge on any atom is 0.135 e. The largest absolute Gasteiger partial charge is 0.393 e. The van der Waals surface area contributed by atoms with Gasteiger partial charge in [0.2, 0.25) is 0 Å². The Morgan fingerprint density at radius 2 is 1.82 bits per heavy atom. The zero-order valence-corrected chi connectivity index (χ0v) is 12.9. The first-order valence-corrected chi connectivity index (χ1v) is 7.86. The summed E-state index contributed by atoms with van der Waals surface area (Å²) in [6.07, 6.45) is 4.99. The van der Waals surface area contributed by atoms with E-state index in [0.717, 1.165) is 43.0 Å². The molecule has 3 rings (SSSR count). The van der Waals surface area contributed by atoms with Crippen LogP contribution in [0, 0.1) is 0 Å². The molecule has 5 nitrogen and oxygen atoms in total. The topological polar surface area (TPSA) is 70.1 Å². The van der Waals surface area contributed by atoms with Crippen LogP contribution < -0.4 is 10.6 Å². The fourth-order valence-corrected chi connectivity index (χ4v) is 2.84. The van der Waals surface area contributed by atoms with Gasteiger partial charge in [-0.05, 0) is 43.9 Å². The molecular weight excluding hydrogens is 300 g/mol. The second-order valence-electron chi connectivity index (χ2n) is 5.57. The molecule has 0 saturated heterocycles. The minimum Gasteiger partial charge on any atom is -0.393 e. The lowest BCUT2D eigenvalue weighted by atomic mass is 9.93. The fraction of sp³-hybridized carbons (Fsp3) is 0.375. The van der Waals surface area contributed by atoms with Crippen LogP contribution in [0.15, 0.2) is 36.7 Å². The molecule has 22 heavy (non-hydrogen) atoms. The number of aliphatic hydroxyl groups excluding tert-OH is 1. The third-order valence-corrected chi connectivity index (χ3v) is 4.05. The van der Waals surface area contributed by atoms with E-state index in [0.29, 0.717) is 11.1 Å². The molecule has 1 fully saturated rings. The van der Waals surface area contributed by atoms with E-state index < -0.39 is 0 Å². The predicted molar refractivity (Wildman–Crippen MR) is 88.7 cm³/mol. The lowest BCUT2D eigenvalue weighted by Gasteiger charge is -2.26. The number of anilines is 3. The van der Waals surface area contributed by atoms with Gasteiger partial charge in [-0.2, -0.15) is 0 Å². The summed E-state index contributed by atoms with van der Waals surface area (Å²) in [6.45, 7) is 0. The molecular formula is C16H19ClN4O. The fourth-order valence-electron chi connectivity index (χ4n) is 2.65. The molecule has 0 amide bonds. The van der Waals surface area contributed by atoms with Gasteiger partial charge in [-0.25, -0.2) is 9.97 Å². The molecule has 0 aliphatic heterocycles. The predicted octanol–water partition coefficient (Wildman–Crippen LogP) is 3.59. The first kappa shape index (κ1) is 15.1. The normalized spacial score (nSPS) is 21.4. The van der Waals surface area contributed by atoms with Gasteiger partial charge in [0, 0.05) is 22.8 Å². The van der Waals surface area contributed by atoms with Crippen LogP contribution in [0.3, 0.4) is 0 Å². The van der Waals surface area contributed by atoms with Crippen LogP contribution in [0.1, 0.15) is 25.7 Å². The smallest absolute Gasteiger partial charge is 0.135 e. The zero-order valence-electron chi connectivity index (χ0n) is 12.2. The monoisotopic (exact) mass is 318 g/mol. The SMILES string of the molecule is OC1CCC(Nc2cc(Nc3cccc(Cl)c3)ncn2)CC1. The van der Waals surface area contributed by atoms with Gasteiger partial charge >= 0.3 is 0 Å². The molecule has 1 aromatic carbocycles. The number of nitrogens with one attached hydrogen (secondary N) is 2. The van der Waals surface area contributed by atoms with Crippen molar-refractivity contribution in [2.75, 3.05) is 10.6 Å². The molecule has 1 saturated carbocycles. The van der Waals surface area contributed by atoms with Crippen molar-refractivity contribution in [3.8, 4) is 0 Å². The molecule has 2 aromatic rings. The molecule has 0 atom stereocenters. The van der Waals surface area contributed by atoms with Crippen LogP contribution >= 0.6 is 11.6 Å². The van der Waals surface area contributed by atoms with Crippen molar-refractivity contribution in [2.24, 2.45) is 0 Å². The third kappa shape index (κ3) is 4.08. The molecule has 1 heterocycles. The maximum absolute atomic E-state index is 9.55. The number of hydrogen-bond acceptors (Lipinski definition) is 5. The Kier molecular flexibility index (Phi) is 4.75. The van der Waals surface area contributed by atoms with Gasteiger partial charge in [0.25, 0.3) is 0 Å². The van der Waals surface area contributed by atoms with Crippen molar-refractivity contribution in [3.05, 3.63) is 41.7 Å². The van der Waals surface area contributed by atoms with E-state index in [-0.39, 0.29) is 6.10 Å². The second-order valence-corrected chi connectivity index (χ2v) is 6.01. The quantitative estimate of drug-likeness (QED) is 0.803. The van der Waals surface area contributed by atoms with E-state index in [1.54, 1.807) is 0 Å². The van der Waals surface area contributed by atoms with Crippen LogP contribution in [0.2, 0.25) is 5.02 Å². The van der Waals surface area contributed by atoms with E-state index in [2.05, 4.69) is 20.6 Å². The van der Waals surface area contributed by atoms with E-state index in [9.17, 15) is 5.11 Å². The highest BCUT2D eigenvalue weighted by Crippen LogP contribution is 2.23. The van der Waals surface area contributed by atoms with E-state index in [4.69, 9.17) is 11.6 Å². The molecule has 0 unspecified atom stereocenters. The minimum atomic E-state index is -0.150. The molecule has 0 radical (unpaired) electrons. The van der Waals surface area contributed by atoms with Gasteiger partial charge in [-0.1, -0.05) is 17.7 Å². The molecule has 116 valence electrons. The zero-order chi connectivity index (χ0) is 15.4. The Bertz CT molecular complexity index is 629. The third-order valence-electron chi connectivity index (χ3n) is 3.81. The first-order valence-electron chi connectivity index (χ1n) is 7.48.